The molecule has 1 aromatic carbocycles. The number of nitrogens with zero attached hydrogens (tertiary/aromatic N) is 1. The predicted molar refractivity (Wildman–Crippen MR) is 154 cm³/mol. The molecule has 6 rings (SSSR count). The molecule has 1 aromatic rings. The Morgan fingerprint density at radius 3 is 2.51 bits per heavy atom. The molecule has 3 N–H and O–H groups in total. The third kappa shape index (κ3) is 4.14. The lowest BCUT2D eigenvalue weighted by atomic mass is 9.41. The maximum Gasteiger partial charge on any atom is 0.241 e. The van der Waals surface area contributed by atoms with Gasteiger partial charge in [-0.3, -0.25) is 4.79 Å². The number of carbonyl (C=O) groups excluding carboxylic acids is 1. The number of fused-ring (bicyclic) bond motifs is 3. The van der Waals surface area contributed by atoms with Crippen molar-refractivity contribution in [2.45, 2.75) is 102 Å². The molecule has 2 aliphatic heterocycles. The van der Waals surface area contributed by atoms with Crippen LogP contribution in [0, 0.1) is 40.4 Å². The van der Waals surface area contributed by atoms with E-state index in [9.17, 15) is 18.3 Å². The Morgan fingerprint density at radius 1 is 1.12 bits per heavy atom. The average Bonchev–Trinajstić information content (AvgIpc) is 3.19. The standard InChI is InChI=1S/C31H45N3O6S/c1-17-12-13-24-29(3,4)27(33-39-6)22(34-41(37,38)19-10-8-7-9-11-19)16-31(24)30(17,5)15-21-23(35)14-20-25(26(21)40-31)18(2)32-28(20)36/h7-11,17-18,20-26,34-35H,12-16H2,1-6H3,(H,32,36). The van der Waals surface area contributed by atoms with E-state index in [2.05, 4.69) is 42.9 Å². The van der Waals surface area contributed by atoms with Crippen molar-refractivity contribution in [1.29, 1.82) is 0 Å². The summed E-state index contributed by atoms with van der Waals surface area (Å²) >= 11 is 0. The Balaban J connectivity index is 1.48. The highest BCUT2D eigenvalue weighted by Crippen LogP contribution is 2.68. The lowest BCUT2D eigenvalue weighted by Gasteiger charge is -2.70. The fourth-order valence-corrected chi connectivity index (χ4v) is 11.0. The molecular weight excluding hydrogens is 542 g/mol. The van der Waals surface area contributed by atoms with Crippen LogP contribution in [-0.2, 0) is 24.4 Å². The molecule has 1 amide bonds. The van der Waals surface area contributed by atoms with Gasteiger partial charge in [-0.25, -0.2) is 13.1 Å². The number of amides is 1. The van der Waals surface area contributed by atoms with Crippen molar-refractivity contribution in [1.82, 2.24) is 10.0 Å². The molecule has 11 unspecified atom stereocenters. The minimum Gasteiger partial charge on any atom is -0.399 e. The predicted octanol–water partition coefficient (Wildman–Crippen LogP) is 3.48. The van der Waals surface area contributed by atoms with Crippen LogP contribution in [0.4, 0.5) is 0 Å². The van der Waals surface area contributed by atoms with Crippen LogP contribution >= 0.6 is 0 Å². The molecule has 10 heteroatoms. The van der Waals surface area contributed by atoms with Crippen molar-refractivity contribution in [3.05, 3.63) is 30.3 Å². The van der Waals surface area contributed by atoms with Gasteiger partial charge in [0.15, 0.2) is 0 Å². The van der Waals surface area contributed by atoms with Gasteiger partial charge < -0.3 is 20.0 Å². The summed E-state index contributed by atoms with van der Waals surface area (Å²) in [6.07, 6.45) is 2.63. The lowest BCUT2D eigenvalue weighted by Crippen LogP contribution is -2.75. The Morgan fingerprint density at radius 2 is 1.83 bits per heavy atom. The number of benzene rings is 1. The number of rotatable bonds is 4. The maximum absolute atomic E-state index is 13.7. The lowest BCUT2D eigenvalue weighted by molar-refractivity contribution is -0.321. The molecule has 226 valence electrons. The highest BCUT2D eigenvalue weighted by atomic mass is 32.2. The Bertz CT molecular complexity index is 1330. The summed E-state index contributed by atoms with van der Waals surface area (Å²) in [5.74, 6) is -0.0647. The minimum absolute atomic E-state index is 0.00465. The first-order valence-electron chi connectivity index (χ1n) is 15.1. The van der Waals surface area contributed by atoms with Crippen LogP contribution < -0.4 is 10.0 Å². The number of oxime groups is 1. The first-order chi connectivity index (χ1) is 19.3. The molecule has 11 atom stereocenters. The minimum atomic E-state index is -3.87. The molecule has 1 spiro atoms. The van der Waals surface area contributed by atoms with E-state index in [4.69, 9.17) is 9.57 Å². The Kier molecular flexibility index (Phi) is 6.92. The van der Waals surface area contributed by atoms with E-state index < -0.39 is 33.2 Å². The molecule has 0 aromatic heterocycles. The molecule has 9 nitrogen and oxygen atoms in total. The van der Waals surface area contributed by atoms with Crippen LogP contribution in [0.5, 0.6) is 0 Å². The number of aliphatic hydroxyl groups excluding tert-OH is 1. The number of sulfonamides is 1. The Labute approximate surface area is 243 Å². The van der Waals surface area contributed by atoms with E-state index in [-0.39, 0.29) is 52.0 Å². The Hall–Kier alpha value is -2.01. The second kappa shape index (κ2) is 9.76. The van der Waals surface area contributed by atoms with Gasteiger partial charge in [0.05, 0.1) is 34.5 Å². The second-order valence-electron chi connectivity index (χ2n) is 14.1. The topological polar surface area (TPSA) is 126 Å². The number of aliphatic hydroxyl groups is 1. The summed E-state index contributed by atoms with van der Waals surface area (Å²) in [4.78, 5) is 18.4. The summed E-state index contributed by atoms with van der Waals surface area (Å²) < 4.78 is 37.9. The van der Waals surface area contributed by atoms with Crippen LogP contribution in [0.2, 0.25) is 0 Å². The zero-order chi connectivity index (χ0) is 29.5. The molecule has 3 aliphatic carbocycles. The van der Waals surface area contributed by atoms with E-state index in [0.717, 1.165) is 19.3 Å². The van der Waals surface area contributed by atoms with Crippen molar-refractivity contribution in [3.8, 4) is 0 Å². The fraction of sp³-hybridized carbons (Fsp3) is 0.742. The van der Waals surface area contributed by atoms with Crippen molar-refractivity contribution in [2.75, 3.05) is 7.11 Å². The number of nitrogens with one attached hydrogen (secondary N) is 2. The molecule has 41 heavy (non-hydrogen) atoms. The number of hydrogen-bond acceptors (Lipinski definition) is 7. The first kappa shape index (κ1) is 29.1. The van der Waals surface area contributed by atoms with Gasteiger partial charge in [0.2, 0.25) is 15.9 Å². The van der Waals surface area contributed by atoms with Crippen LogP contribution in [0.15, 0.2) is 40.4 Å². The molecule has 3 saturated carbocycles. The van der Waals surface area contributed by atoms with Crippen molar-refractivity contribution in [3.63, 3.8) is 0 Å². The van der Waals surface area contributed by atoms with Crippen molar-refractivity contribution < 1.29 is 27.9 Å². The maximum atomic E-state index is 13.7. The van der Waals surface area contributed by atoms with Gasteiger partial charge in [-0.2, -0.15) is 0 Å². The summed E-state index contributed by atoms with van der Waals surface area (Å²) in [6, 6.07) is 7.69. The molecule has 2 heterocycles. The van der Waals surface area contributed by atoms with E-state index in [1.807, 2.05) is 6.92 Å². The summed E-state index contributed by atoms with van der Waals surface area (Å²) in [6.45, 7) is 10.9. The van der Waals surface area contributed by atoms with Gasteiger partial charge in [0.1, 0.15) is 7.11 Å². The second-order valence-corrected chi connectivity index (χ2v) is 15.9. The molecule has 5 aliphatic rings. The number of carbonyl (C=O) groups is 1. The van der Waals surface area contributed by atoms with Gasteiger partial charge in [0.25, 0.3) is 0 Å². The summed E-state index contributed by atoms with van der Waals surface area (Å²) in [7, 11) is -2.37. The van der Waals surface area contributed by atoms with Gasteiger partial charge >= 0.3 is 0 Å². The monoisotopic (exact) mass is 587 g/mol. The molecular formula is C31H45N3O6S. The average molecular weight is 588 g/mol. The van der Waals surface area contributed by atoms with Crippen molar-refractivity contribution in [2.24, 2.45) is 45.6 Å². The van der Waals surface area contributed by atoms with Gasteiger partial charge in [-0.05, 0) is 68.4 Å². The van der Waals surface area contributed by atoms with Gasteiger partial charge in [-0.15, -0.1) is 0 Å². The number of hydrogen-bond donors (Lipinski definition) is 3. The third-order valence-corrected chi connectivity index (χ3v) is 13.4. The first-order valence-corrected chi connectivity index (χ1v) is 16.6. The number of ether oxygens (including phenoxy) is 1. The highest BCUT2D eigenvalue weighted by Gasteiger charge is 2.72. The summed E-state index contributed by atoms with van der Waals surface area (Å²) in [5, 5.41) is 19.0. The van der Waals surface area contributed by atoms with Crippen LogP contribution in [0.3, 0.4) is 0 Å². The smallest absolute Gasteiger partial charge is 0.241 e. The van der Waals surface area contributed by atoms with Crippen LogP contribution in [0.1, 0.15) is 66.7 Å². The molecule has 0 radical (unpaired) electrons. The molecule has 0 bridgehead atoms. The van der Waals surface area contributed by atoms with Crippen molar-refractivity contribution >= 4 is 21.6 Å². The SMILES string of the molecule is CON=C1C(NS(=O)(=O)c2ccccc2)CC23OC4C(CC2(C)C(C)CCC3C1(C)C)C(O)CC1C(=O)NC(C)C14. The quantitative estimate of drug-likeness (QED) is 0.463. The van der Waals surface area contributed by atoms with E-state index in [1.165, 1.54) is 7.11 Å². The zero-order valence-corrected chi connectivity index (χ0v) is 25.8. The fourth-order valence-electron chi connectivity index (χ4n) is 9.82. The van der Waals surface area contributed by atoms with E-state index in [1.54, 1.807) is 30.3 Å². The van der Waals surface area contributed by atoms with Crippen LogP contribution in [-0.4, -0.2) is 62.1 Å². The van der Waals surface area contributed by atoms with E-state index >= 15 is 0 Å². The normalized spacial score (nSPS) is 46.1. The van der Waals surface area contributed by atoms with Gasteiger partial charge in [-0.1, -0.05) is 51.0 Å². The molecule has 2 saturated heterocycles. The van der Waals surface area contributed by atoms with Crippen LogP contribution in [0.25, 0.3) is 0 Å². The van der Waals surface area contributed by atoms with Gasteiger partial charge in [0, 0.05) is 29.2 Å². The largest absolute Gasteiger partial charge is 0.399 e. The molecule has 5 fully saturated rings. The third-order valence-electron chi connectivity index (χ3n) is 12.0. The highest BCUT2D eigenvalue weighted by molar-refractivity contribution is 7.89. The summed E-state index contributed by atoms with van der Waals surface area (Å²) in [5.41, 5.74) is -0.894. The van der Waals surface area contributed by atoms with E-state index in [0.29, 0.717) is 24.5 Å². The zero-order valence-electron chi connectivity index (χ0n) is 25.0.